The first kappa shape index (κ1) is 18.4. The van der Waals surface area contributed by atoms with Crippen LogP contribution in [-0.4, -0.2) is 69.7 Å². The third-order valence-corrected chi connectivity index (χ3v) is 5.55. The number of Topliss-reactive ketones (excluding diaryl/α,β-unsaturated/α-hetero) is 1. The summed E-state index contributed by atoms with van der Waals surface area (Å²) in [5.74, 6) is 0.762. The molecule has 1 aromatic carbocycles. The lowest BCUT2D eigenvalue weighted by Crippen LogP contribution is -2.47. The molecule has 3 aromatic rings. The molecule has 146 valence electrons. The topological polar surface area (TPSA) is 85.1 Å². The number of piperazine rings is 1. The number of aromatic amines is 2. The van der Waals surface area contributed by atoms with Gasteiger partial charge in [-0.2, -0.15) is 0 Å². The van der Waals surface area contributed by atoms with Gasteiger partial charge in [0.05, 0.1) is 16.7 Å². The number of ketones is 1. The molecule has 0 aliphatic carbocycles. The van der Waals surface area contributed by atoms with E-state index in [4.69, 9.17) is 0 Å². The summed E-state index contributed by atoms with van der Waals surface area (Å²) in [5, 5.41) is 0. The summed E-state index contributed by atoms with van der Waals surface area (Å²) in [7, 11) is 2.07. The van der Waals surface area contributed by atoms with Crippen molar-refractivity contribution < 1.29 is 9.59 Å². The van der Waals surface area contributed by atoms with Crippen LogP contribution in [0.4, 0.5) is 0 Å². The molecule has 1 aliphatic heterocycles. The van der Waals surface area contributed by atoms with Crippen LogP contribution in [0.3, 0.4) is 0 Å². The zero-order valence-corrected chi connectivity index (χ0v) is 16.7. The maximum Gasteiger partial charge on any atom is 0.254 e. The van der Waals surface area contributed by atoms with Crippen molar-refractivity contribution in [3.8, 4) is 11.5 Å². The predicted octanol–water partition coefficient (Wildman–Crippen LogP) is 2.77. The fourth-order valence-electron chi connectivity index (χ4n) is 3.97. The van der Waals surface area contributed by atoms with Gasteiger partial charge in [0.2, 0.25) is 0 Å². The molecule has 1 aliphatic rings. The van der Waals surface area contributed by atoms with Crippen molar-refractivity contribution >= 4 is 22.7 Å². The van der Waals surface area contributed by atoms with Gasteiger partial charge in [0.15, 0.2) is 11.6 Å². The fraction of sp³-hybridized carbons (Fsp3) is 0.381. The molecule has 7 nitrogen and oxygen atoms in total. The van der Waals surface area contributed by atoms with Crippen molar-refractivity contribution in [2.45, 2.75) is 20.8 Å². The number of nitrogens with one attached hydrogen (secondary N) is 2. The summed E-state index contributed by atoms with van der Waals surface area (Å²) < 4.78 is 0. The molecule has 1 fully saturated rings. The second kappa shape index (κ2) is 6.91. The minimum Gasteiger partial charge on any atom is -0.355 e. The maximum absolute atomic E-state index is 12.8. The number of nitrogens with zero attached hydrogens (tertiary/aromatic N) is 3. The molecule has 1 saturated heterocycles. The molecule has 7 heteroatoms. The van der Waals surface area contributed by atoms with E-state index < -0.39 is 0 Å². The highest BCUT2D eigenvalue weighted by molar-refractivity contribution is 5.99. The van der Waals surface area contributed by atoms with Crippen LogP contribution in [0, 0.1) is 13.8 Å². The highest BCUT2D eigenvalue weighted by Gasteiger charge is 2.22. The van der Waals surface area contributed by atoms with E-state index in [-0.39, 0.29) is 11.7 Å². The Morgan fingerprint density at radius 3 is 2.43 bits per heavy atom. The quantitative estimate of drug-likeness (QED) is 0.685. The molecule has 2 N–H and O–H groups in total. The normalized spacial score (nSPS) is 15.4. The summed E-state index contributed by atoms with van der Waals surface area (Å²) >= 11 is 0. The molecule has 28 heavy (non-hydrogen) atoms. The van der Waals surface area contributed by atoms with Crippen LogP contribution < -0.4 is 0 Å². The molecule has 0 radical (unpaired) electrons. The molecular weight excluding hydrogens is 354 g/mol. The van der Waals surface area contributed by atoms with E-state index in [2.05, 4.69) is 26.9 Å². The molecule has 4 rings (SSSR count). The predicted molar refractivity (Wildman–Crippen MR) is 109 cm³/mol. The second-order valence-electron chi connectivity index (χ2n) is 7.59. The van der Waals surface area contributed by atoms with Crippen LogP contribution >= 0.6 is 0 Å². The number of aryl methyl sites for hydroxylation is 1. The standard InChI is InChI=1S/C21H25N5O2/c1-12-18(14(3)27)13(2)22-19(12)20-23-16-6-5-15(11-17(16)24-20)21(28)26-9-7-25(4)8-10-26/h5-6,11,22H,7-10H2,1-4H3,(H,23,24). The summed E-state index contributed by atoms with van der Waals surface area (Å²) in [6, 6.07) is 5.57. The van der Waals surface area contributed by atoms with E-state index in [9.17, 15) is 9.59 Å². The van der Waals surface area contributed by atoms with Gasteiger partial charge in [-0.3, -0.25) is 9.59 Å². The van der Waals surface area contributed by atoms with Gasteiger partial charge in [0.1, 0.15) is 0 Å². The molecule has 0 saturated carbocycles. The number of H-pyrrole nitrogens is 2. The Hall–Kier alpha value is -2.93. The van der Waals surface area contributed by atoms with Gasteiger partial charge < -0.3 is 19.8 Å². The van der Waals surface area contributed by atoms with Crippen LogP contribution in [0.2, 0.25) is 0 Å². The van der Waals surface area contributed by atoms with Crippen LogP contribution in [-0.2, 0) is 0 Å². The molecule has 0 unspecified atom stereocenters. The largest absolute Gasteiger partial charge is 0.355 e. The lowest BCUT2D eigenvalue weighted by molar-refractivity contribution is 0.0664. The third kappa shape index (κ3) is 3.11. The van der Waals surface area contributed by atoms with Gasteiger partial charge in [-0.05, 0) is 51.6 Å². The number of aromatic nitrogens is 3. The molecule has 3 heterocycles. The van der Waals surface area contributed by atoms with E-state index in [1.54, 1.807) is 6.92 Å². The van der Waals surface area contributed by atoms with E-state index in [1.165, 1.54) is 0 Å². The van der Waals surface area contributed by atoms with Crippen molar-refractivity contribution in [1.82, 2.24) is 24.8 Å². The van der Waals surface area contributed by atoms with Gasteiger partial charge in [-0.1, -0.05) is 0 Å². The average molecular weight is 379 g/mol. The molecule has 0 bridgehead atoms. The van der Waals surface area contributed by atoms with Crippen molar-refractivity contribution in [2.75, 3.05) is 33.2 Å². The van der Waals surface area contributed by atoms with Gasteiger partial charge >= 0.3 is 0 Å². The molecular formula is C21H25N5O2. The number of hydrogen-bond donors (Lipinski definition) is 2. The summed E-state index contributed by atoms with van der Waals surface area (Å²) in [6.45, 7) is 8.67. The maximum atomic E-state index is 12.8. The highest BCUT2D eigenvalue weighted by Crippen LogP contribution is 2.28. The van der Waals surface area contributed by atoms with Gasteiger partial charge in [0, 0.05) is 43.0 Å². The number of fused-ring (bicyclic) bond motifs is 1. The number of carbonyl (C=O) groups excluding carboxylic acids is 2. The monoisotopic (exact) mass is 379 g/mol. The number of rotatable bonds is 3. The Balaban J connectivity index is 1.67. The van der Waals surface area contributed by atoms with Crippen molar-refractivity contribution in [1.29, 1.82) is 0 Å². The fourth-order valence-corrected chi connectivity index (χ4v) is 3.97. The number of carbonyl (C=O) groups is 2. The Morgan fingerprint density at radius 1 is 1.07 bits per heavy atom. The minimum absolute atomic E-state index is 0.0358. The summed E-state index contributed by atoms with van der Waals surface area (Å²) in [5.41, 5.74) is 5.51. The van der Waals surface area contributed by atoms with Crippen LogP contribution in [0.5, 0.6) is 0 Å². The Labute approximate surface area is 163 Å². The lowest BCUT2D eigenvalue weighted by atomic mass is 10.1. The highest BCUT2D eigenvalue weighted by atomic mass is 16.2. The average Bonchev–Trinajstić information content (AvgIpc) is 3.21. The van der Waals surface area contributed by atoms with E-state index in [0.717, 1.165) is 54.2 Å². The van der Waals surface area contributed by atoms with Crippen LogP contribution in [0.15, 0.2) is 18.2 Å². The molecule has 1 amide bonds. The number of imidazole rings is 1. The SMILES string of the molecule is CC(=O)c1c(C)[nH]c(-c2nc3ccc(C(=O)N4CCN(C)CC4)cc3[nH]2)c1C. The Bertz CT molecular complexity index is 1070. The number of amides is 1. The Morgan fingerprint density at radius 2 is 1.79 bits per heavy atom. The number of likely N-dealkylation sites (N-methyl/N-ethyl adjacent to an activating group) is 1. The molecule has 0 spiro atoms. The first-order valence-corrected chi connectivity index (χ1v) is 9.53. The van der Waals surface area contributed by atoms with Gasteiger partial charge in [-0.15, -0.1) is 0 Å². The van der Waals surface area contributed by atoms with E-state index in [0.29, 0.717) is 17.0 Å². The smallest absolute Gasteiger partial charge is 0.254 e. The summed E-state index contributed by atoms with van der Waals surface area (Å²) in [4.78, 5) is 40.1. The van der Waals surface area contributed by atoms with E-state index in [1.807, 2.05) is 36.9 Å². The van der Waals surface area contributed by atoms with E-state index >= 15 is 0 Å². The van der Waals surface area contributed by atoms with Gasteiger partial charge in [0.25, 0.3) is 5.91 Å². The van der Waals surface area contributed by atoms with Crippen LogP contribution in [0.25, 0.3) is 22.6 Å². The molecule has 0 atom stereocenters. The van der Waals surface area contributed by atoms with Crippen molar-refractivity contribution in [3.63, 3.8) is 0 Å². The van der Waals surface area contributed by atoms with Crippen LogP contribution in [0.1, 0.15) is 38.9 Å². The second-order valence-corrected chi connectivity index (χ2v) is 7.59. The summed E-state index contributed by atoms with van der Waals surface area (Å²) in [6.07, 6.45) is 0. The first-order chi connectivity index (χ1) is 13.3. The lowest BCUT2D eigenvalue weighted by Gasteiger charge is -2.32. The van der Waals surface area contributed by atoms with Gasteiger partial charge in [-0.25, -0.2) is 4.98 Å². The zero-order valence-electron chi connectivity index (χ0n) is 16.7. The Kier molecular flexibility index (Phi) is 4.55. The number of hydrogen-bond acceptors (Lipinski definition) is 4. The minimum atomic E-state index is 0.0358. The number of benzene rings is 1. The third-order valence-electron chi connectivity index (χ3n) is 5.55. The van der Waals surface area contributed by atoms with Crippen molar-refractivity contribution in [3.05, 3.63) is 40.6 Å². The zero-order chi connectivity index (χ0) is 20.0. The van der Waals surface area contributed by atoms with Crippen molar-refractivity contribution in [2.24, 2.45) is 0 Å². The molecule has 2 aromatic heterocycles. The first-order valence-electron chi connectivity index (χ1n) is 9.53.